The summed E-state index contributed by atoms with van der Waals surface area (Å²) in [6.45, 7) is 8.56. The molecule has 0 radical (unpaired) electrons. The molecule has 0 aliphatic rings. The third kappa shape index (κ3) is 5.30. The minimum absolute atomic E-state index is 0. The number of hydrogen-bond donors (Lipinski definition) is 1. The molecule has 0 saturated carbocycles. The Morgan fingerprint density at radius 2 is 2.00 bits per heavy atom. The van der Waals surface area contributed by atoms with Crippen molar-refractivity contribution < 1.29 is 0 Å². The molecule has 0 fully saturated rings. The van der Waals surface area contributed by atoms with Crippen LogP contribution in [0.5, 0.6) is 0 Å². The van der Waals surface area contributed by atoms with E-state index in [1.807, 2.05) is 27.7 Å². The van der Waals surface area contributed by atoms with Crippen LogP contribution in [0.2, 0.25) is 0 Å². The van der Waals surface area contributed by atoms with Gasteiger partial charge in [-0.1, -0.05) is 13.8 Å². The smallest absolute Gasteiger partial charge is 0.118 e. The van der Waals surface area contributed by atoms with Crippen LogP contribution in [0.25, 0.3) is 0 Å². The second-order valence-corrected chi connectivity index (χ2v) is 3.07. The molecule has 0 aliphatic heterocycles. The molecule has 1 atom stereocenters. The number of aliphatic imine (C=N–C) groups is 2. The van der Waals surface area contributed by atoms with Crippen molar-refractivity contribution in [3.05, 3.63) is 0 Å². The molecule has 0 aliphatic carbocycles. The molecule has 0 aromatic heterocycles. The van der Waals surface area contributed by atoms with Crippen molar-refractivity contribution >= 4 is 18.4 Å². The molecule has 0 amide bonds. The first-order valence-corrected chi connectivity index (χ1v) is 3.93. The summed E-state index contributed by atoms with van der Waals surface area (Å²) >= 11 is 0. The van der Waals surface area contributed by atoms with Crippen molar-refractivity contribution in [3.63, 3.8) is 0 Å². The van der Waals surface area contributed by atoms with Gasteiger partial charge in [-0.15, -0.1) is 12.4 Å². The Morgan fingerprint density at radius 3 is 2.33 bits per heavy atom. The maximum Gasteiger partial charge on any atom is 0.118 e. The predicted octanol–water partition coefficient (Wildman–Crippen LogP) is 1.93. The zero-order valence-electron chi connectivity index (χ0n) is 8.16. The molecule has 0 heterocycles. The van der Waals surface area contributed by atoms with E-state index in [1.165, 1.54) is 0 Å². The van der Waals surface area contributed by atoms with Crippen molar-refractivity contribution in [2.75, 3.05) is 6.54 Å². The van der Waals surface area contributed by atoms with Gasteiger partial charge in [0.15, 0.2) is 0 Å². The summed E-state index contributed by atoms with van der Waals surface area (Å²) in [5, 5.41) is 0. The Kier molecular flexibility index (Phi) is 7.30. The fraction of sp³-hybridized carbons (Fsp3) is 0.875. The lowest BCUT2D eigenvalue weighted by atomic mass is 10.0. The molecule has 1 unspecified atom stereocenters. The van der Waals surface area contributed by atoms with Gasteiger partial charge in [0.25, 0.3) is 0 Å². The van der Waals surface area contributed by atoms with Gasteiger partial charge in [-0.2, -0.15) is 0 Å². The van der Waals surface area contributed by atoms with E-state index in [9.17, 15) is 0 Å². The highest BCUT2D eigenvalue weighted by Gasteiger charge is 2.20. The van der Waals surface area contributed by atoms with E-state index < -0.39 is 5.66 Å². The molecule has 0 aromatic rings. The van der Waals surface area contributed by atoms with Gasteiger partial charge >= 0.3 is 0 Å². The normalized spacial score (nSPS) is 14.2. The predicted molar refractivity (Wildman–Crippen MR) is 55.1 cm³/mol. The summed E-state index contributed by atoms with van der Waals surface area (Å²) in [5.41, 5.74) is 5.28. The first-order valence-electron chi connectivity index (χ1n) is 3.93. The summed E-state index contributed by atoms with van der Waals surface area (Å²) in [5.74, 6) is 0.307. The van der Waals surface area contributed by atoms with Crippen LogP contribution in [0.3, 0.4) is 0 Å². The quantitative estimate of drug-likeness (QED) is 0.681. The third-order valence-electron chi connectivity index (χ3n) is 1.69. The second kappa shape index (κ2) is 6.18. The molecule has 2 N–H and O–H groups in total. The largest absolute Gasteiger partial charge is 0.307 e. The van der Waals surface area contributed by atoms with Crippen LogP contribution in [-0.4, -0.2) is 18.2 Å². The standard InChI is InChI=1S/C8H17N3.ClH/c1-5-10-6-11-8(4,9)7(2)3;/h7H,5,9H2,1-4H3;1H. The topological polar surface area (TPSA) is 50.7 Å². The van der Waals surface area contributed by atoms with Crippen LogP contribution in [0.15, 0.2) is 9.98 Å². The maximum atomic E-state index is 5.81. The van der Waals surface area contributed by atoms with Crippen molar-refractivity contribution in [1.29, 1.82) is 0 Å². The first kappa shape index (κ1) is 14.2. The number of nitrogens with two attached hydrogens (primary N) is 1. The Balaban J connectivity index is 0. The Labute approximate surface area is 80.6 Å². The number of hydrogen-bond acceptors (Lipinski definition) is 3. The van der Waals surface area contributed by atoms with E-state index in [0.29, 0.717) is 12.5 Å². The molecule has 0 spiro atoms. The van der Waals surface area contributed by atoms with E-state index >= 15 is 0 Å². The van der Waals surface area contributed by atoms with Crippen LogP contribution in [0, 0.1) is 5.92 Å². The van der Waals surface area contributed by atoms with Gasteiger partial charge in [0.2, 0.25) is 0 Å². The van der Waals surface area contributed by atoms with E-state index in [0.717, 1.165) is 0 Å². The van der Waals surface area contributed by atoms with Gasteiger partial charge < -0.3 is 5.73 Å². The molecule has 72 valence electrons. The molecular weight excluding hydrogens is 174 g/mol. The van der Waals surface area contributed by atoms with E-state index in [-0.39, 0.29) is 12.4 Å². The SMILES string of the molecule is CCN=C=NC(C)(N)C(C)C.Cl. The number of rotatable bonds is 3. The molecule has 4 heteroatoms. The monoisotopic (exact) mass is 191 g/mol. The summed E-state index contributed by atoms with van der Waals surface area (Å²) in [6.07, 6.45) is 0. The van der Waals surface area contributed by atoms with E-state index in [2.05, 4.69) is 16.0 Å². The summed E-state index contributed by atoms with van der Waals surface area (Å²) in [7, 11) is 0. The Bertz CT molecular complexity index is 169. The number of halogens is 1. The lowest BCUT2D eigenvalue weighted by Gasteiger charge is -2.21. The highest BCUT2D eigenvalue weighted by molar-refractivity contribution is 5.85. The average molecular weight is 192 g/mol. The summed E-state index contributed by atoms with van der Waals surface area (Å²) in [6, 6.07) is 2.58. The molecule has 0 saturated heterocycles. The van der Waals surface area contributed by atoms with Crippen LogP contribution in [-0.2, 0) is 0 Å². The van der Waals surface area contributed by atoms with Gasteiger partial charge in [0.1, 0.15) is 5.66 Å². The van der Waals surface area contributed by atoms with Crippen LogP contribution < -0.4 is 5.73 Å². The minimum Gasteiger partial charge on any atom is -0.307 e. The average Bonchev–Trinajstić information content (AvgIpc) is 1.88. The molecule has 12 heavy (non-hydrogen) atoms. The van der Waals surface area contributed by atoms with Crippen molar-refractivity contribution in [2.24, 2.45) is 21.6 Å². The van der Waals surface area contributed by atoms with Crippen LogP contribution in [0.4, 0.5) is 0 Å². The minimum atomic E-state index is -0.529. The molecule has 0 rings (SSSR count). The van der Waals surface area contributed by atoms with Crippen LogP contribution >= 0.6 is 12.4 Å². The molecule has 0 bridgehead atoms. The molecule has 3 nitrogen and oxygen atoms in total. The van der Waals surface area contributed by atoms with Crippen molar-refractivity contribution in [3.8, 4) is 0 Å². The lowest BCUT2D eigenvalue weighted by Crippen LogP contribution is -2.39. The highest BCUT2D eigenvalue weighted by atomic mass is 35.5. The summed E-state index contributed by atoms with van der Waals surface area (Å²) in [4.78, 5) is 7.85. The van der Waals surface area contributed by atoms with Gasteiger partial charge in [-0.25, -0.2) is 9.98 Å². The van der Waals surface area contributed by atoms with Gasteiger partial charge in [-0.3, -0.25) is 0 Å². The van der Waals surface area contributed by atoms with Crippen LogP contribution in [0.1, 0.15) is 27.7 Å². The fourth-order valence-corrected chi connectivity index (χ4v) is 0.343. The van der Waals surface area contributed by atoms with Crippen molar-refractivity contribution in [1.82, 2.24) is 0 Å². The molecule has 0 aromatic carbocycles. The van der Waals surface area contributed by atoms with Gasteiger partial charge in [0.05, 0.1) is 6.01 Å². The van der Waals surface area contributed by atoms with Gasteiger partial charge in [-0.05, 0) is 19.8 Å². The fourth-order valence-electron chi connectivity index (χ4n) is 0.343. The first-order chi connectivity index (χ1) is 5.00. The Morgan fingerprint density at radius 1 is 1.50 bits per heavy atom. The van der Waals surface area contributed by atoms with Crippen molar-refractivity contribution in [2.45, 2.75) is 33.4 Å². The Hall–Kier alpha value is -0.370. The highest BCUT2D eigenvalue weighted by Crippen LogP contribution is 2.12. The zero-order chi connectivity index (χ0) is 8.91. The van der Waals surface area contributed by atoms with E-state index in [4.69, 9.17) is 5.73 Å². The van der Waals surface area contributed by atoms with E-state index in [1.54, 1.807) is 0 Å². The maximum absolute atomic E-state index is 5.81. The zero-order valence-corrected chi connectivity index (χ0v) is 8.98. The number of nitrogens with zero attached hydrogens (tertiary/aromatic N) is 2. The molecular formula is C8H18ClN3. The second-order valence-electron chi connectivity index (χ2n) is 3.07. The van der Waals surface area contributed by atoms with Gasteiger partial charge in [0, 0.05) is 6.54 Å². The summed E-state index contributed by atoms with van der Waals surface area (Å²) < 4.78 is 0. The lowest BCUT2D eigenvalue weighted by molar-refractivity contribution is 0.357. The third-order valence-corrected chi connectivity index (χ3v) is 1.69.